The van der Waals surface area contributed by atoms with Gasteiger partial charge < -0.3 is 10.1 Å². The number of thiophene rings is 1. The number of nitrogens with one attached hydrogen (secondary N) is 1. The highest BCUT2D eigenvalue weighted by atomic mass is 32.1. The highest BCUT2D eigenvalue weighted by molar-refractivity contribution is 7.10. The first kappa shape index (κ1) is 28.0. The zero-order valence-corrected chi connectivity index (χ0v) is 24.4. The summed E-state index contributed by atoms with van der Waals surface area (Å²) in [6, 6.07) is 26.0. The molecule has 1 unspecified atom stereocenters. The summed E-state index contributed by atoms with van der Waals surface area (Å²) in [6.07, 6.45) is 1.80. The topological polar surface area (TPSA) is 116 Å². The number of hydrogen-bond donors (Lipinski definition) is 1. The third kappa shape index (κ3) is 5.94. The highest BCUT2D eigenvalue weighted by Gasteiger charge is 2.33. The van der Waals surface area contributed by atoms with Gasteiger partial charge in [0, 0.05) is 22.7 Å². The van der Waals surface area contributed by atoms with E-state index in [-0.39, 0.29) is 23.8 Å². The minimum Gasteiger partial charge on any atom is -0.489 e. The number of allylic oxidation sites excluding steroid dienone is 1. The van der Waals surface area contributed by atoms with Crippen molar-refractivity contribution in [3.63, 3.8) is 0 Å². The Kier molecular flexibility index (Phi) is 7.82. The Morgan fingerprint density at radius 3 is 2.47 bits per heavy atom. The number of non-ortho nitro benzene ring substituents is 1. The van der Waals surface area contributed by atoms with Crippen LogP contribution in [0.5, 0.6) is 5.75 Å². The maximum Gasteiger partial charge on any atom is 0.271 e. The molecule has 3 heterocycles. The lowest BCUT2D eigenvalue weighted by atomic mass is 10.0. The first-order chi connectivity index (χ1) is 20.9. The van der Waals surface area contributed by atoms with Crippen molar-refractivity contribution in [2.75, 3.05) is 5.32 Å². The summed E-state index contributed by atoms with van der Waals surface area (Å²) in [5.41, 5.74) is 3.07. The summed E-state index contributed by atoms with van der Waals surface area (Å²) >= 11 is 2.77. The first-order valence-electron chi connectivity index (χ1n) is 13.3. The average molecular weight is 609 g/mol. The number of carbonyl (C=O) groups excluding carboxylic acids is 1. The van der Waals surface area contributed by atoms with Crippen molar-refractivity contribution in [3.05, 3.63) is 153 Å². The zero-order chi connectivity index (χ0) is 29.9. The van der Waals surface area contributed by atoms with Crippen LogP contribution in [0.4, 0.5) is 11.4 Å². The molecule has 5 aromatic rings. The number of carbonyl (C=O) groups is 1. The van der Waals surface area contributed by atoms with E-state index < -0.39 is 11.0 Å². The summed E-state index contributed by atoms with van der Waals surface area (Å²) in [5, 5.41) is 15.7. The van der Waals surface area contributed by atoms with Gasteiger partial charge in [-0.3, -0.25) is 24.3 Å². The van der Waals surface area contributed by atoms with Crippen molar-refractivity contribution < 1.29 is 14.5 Å². The third-order valence-corrected chi connectivity index (χ3v) is 8.75. The number of nitrogens with zero attached hydrogens (tertiary/aromatic N) is 3. The second-order valence-electron chi connectivity index (χ2n) is 9.70. The molecule has 1 N–H and O–H groups in total. The van der Waals surface area contributed by atoms with Crippen LogP contribution in [-0.4, -0.2) is 15.4 Å². The fraction of sp³-hybridized carbons (Fsp3) is 0.0938. The predicted molar refractivity (Wildman–Crippen MR) is 167 cm³/mol. The minimum atomic E-state index is -0.600. The molecule has 0 bridgehead atoms. The number of hydrogen-bond acceptors (Lipinski definition) is 8. The van der Waals surface area contributed by atoms with E-state index in [9.17, 15) is 19.7 Å². The van der Waals surface area contributed by atoms with E-state index in [2.05, 4.69) is 10.3 Å². The molecule has 1 aliphatic heterocycles. The average Bonchev–Trinajstić information content (AvgIpc) is 3.65. The van der Waals surface area contributed by atoms with Gasteiger partial charge in [-0.05, 0) is 72.0 Å². The SMILES string of the molecule is CC1=C(C(=O)Nc2ccccc2)C(c2cccs2)n2c(s/c(=C\c3ccc(OCc4ccc([N+](=O)[O-])cc4)cc3)c2=O)=N1. The molecule has 2 aromatic heterocycles. The number of anilines is 1. The number of fused-ring (bicyclic) bond motifs is 1. The van der Waals surface area contributed by atoms with E-state index >= 15 is 0 Å². The molecule has 0 radical (unpaired) electrons. The number of nitro groups is 1. The Bertz CT molecular complexity index is 2010. The molecule has 0 aliphatic carbocycles. The molecular weight excluding hydrogens is 585 g/mol. The van der Waals surface area contributed by atoms with Gasteiger partial charge in [-0.1, -0.05) is 47.7 Å². The normalized spacial score (nSPS) is 14.6. The van der Waals surface area contributed by atoms with Crippen LogP contribution in [0.25, 0.3) is 6.08 Å². The zero-order valence-electron chi connectivity index (χ0n) is 22.8. The van der Waals surface area contributed by atoms with Crippen LogP contribution in [0, 0.1) is 10.1 Å². The molecule has 1 amide bonds. The largest absolute Gasteiger partial charge is 0.489 e. The minimum absolute atomic E-state index is 0.0296. The number of aromatic nitrogens is 1. The highest BCUT2D eigenvalue weighted by Crippen LogP contribution is 2.33. The van der Waals surface area contributed by atoms with Gasteiger partial charge in [0.05, 0.1) is 20.7 Å². The number of benzene rings is 3. The standard InChI is InChI=1S/C32H24N4O5S2/c1-20-28(30(37)34-23-6-3-2-4-7-23)29(26-8-5-17-42-26)35-31(38)27(43-32(35)33-20)18-21-11-15-25(16-12-21)41-19-22-9-13-24(14-10-22)36(39)40/h2-18,29H,19H2,1H3,(H,34,37)/b27-18-. The third-order valence-electron chi connectivity index (χ3n) is 6.84. The van der Waals surface area contributed by atoms with Gasteiger partial charge >= 0.3 is 0 Å². The molecule has 0 saturated heterocycles. The quantitative estimate of drug-likeness (QED) is 0.187. The van der Waals surface area contributed by atoms with E-state index in [0.29, 0.717) is 32.0 Å². The Morgan fingerprint density at radius 1 is 1.05 bits per heavy atom. The van der Waals surface area contributed by atoms with E-state index in [4.69, 9.17) is 4.74 Å². The number of amides is 1. The van der Waals surface area contributed by atoms with Crippen molar-refractivity contribution >= 4 is 46.0 Å². The molecular formula is C32H24N4O5S2. The van der Waals surface area contributed by atoms with Crippen molar-refractivity contribution in [3.8, 4) is 5.75 Å². The van der Waals surface area contributed by atoms with E-state index in [0.717, 1.165) is 16.0 Å². The van der Waals surface area contributed by atoms with Crippen LogP contribution in [0.15, 0.2) is 117 Å². The Morgan fingerprint density at radius 2 is 1.79 bits per heavy atom. The number of nitro benzene ring substituents is 1. The molecule has 1 aliphatic rings. The van der Waals surface area contributed by atoms with Crippen LogP contribution in [-0.2, 0) is 11.4 Å². The van der Waals surface area contributed by atoms with E-state index in [1.165, 1.54) is 34.8 Å². The maximum absolute atomic E-state index is 13.8. The van der Waals surface area contributed by atoms with Crippen molar-refractivity contribution in [2.24, 2.45) is 4.99 Å². The van der Waals surface area contributed by atoms with Gasteiger partial charge in [0.15, 0.2) is 4.80 Å². The lowest BCUT2D eigenvalue weighted by Gasteiger charge is -2.24. The number of para-hydroxylation sites is 1. The Hall–Kier alpha value is -5.13. The molecule has 214 valence electrons. The molecule has 0 saturated carbocycles. The number of thiazole rings is 1. The van der Waals surface area contributed by atoms with Gasteiger partial charge in [-0.15, -0.1) is 11.3 Å². The molecule has 0 spiro atoms. The van der Waals surface area contributed by atoms with Gasteiger partial charge in [0.25, 0.3) is 17.2 Å². The van der Waals surface area contributed by atoms with Gasteiger partial charge in [-0.2, -0.15) is 0 Å². The summed E-state index contributed by atoms with van der Waals surface area (Å²) < 4.78 is 7.93. The lowest BCUT2D eigenvalue weighted by molar-refractivity contribution is -0.384. The molecule has 43 heavy (non-hydrogen) atoms. The van der Waals surface area contributed by atoms with Crippen LogP contribution in [0.3, 0.4) is 0 Å². The second-order valence-corrected chi connectivity index (χ2v) is 11.7. The monoisotopic (exact) mass is 608 g/mol. The summed E-state index contributed by atoms with van der Waals surface area (Å²) in [4.78, 5) is 43.8. The van der Waals surface area contributed by atoms with Crippen LogP contribution in [0.1, 0.15) is 29.0 Å². The van der Waals surface area contributed by atoms with Crippen LogP contribution < -0.4 is 24.9 Å². The first-order valence-corrected chi connectivity index (χ1v) is 15.0. The van der Waals surface area contributed by atoms with Crippen LogP contribution >= 0.6 is 22.7 Å². The van der Waals surface area contributed by atoms with Crippen molar-refractivity contribution in [2.45, 2.75) is 19.6 Å². The fourth-order valence-corrected chi connectivity index (χ4v) is 6.61. The van der Waals surface area contributed by atoms with Gasteiger partial charge in [0.1, 0.15) is 18.4 Å². The van der Waals surface area contributed by atoms with E-state index in [1.54, 1.807) is 41.8 Å². The predicted octanol–water partition coefficient (Wildman–Crippen LogP) is 5.42. The smallest absolute Gasteiger partial charge is 0.271 e. The molecule has 3 aromatic carbocycles. The fourth-order valence-electron chi connectivity index (χ4n) is 4.74. The van der Waals surface area contributed by atoms with E-state index in [1.807, 2.05) is 60.0 Å². The van der Waals surface area contributed by atoms with Gasteiger partial charge in [0.2, 0.25) is 0 Å². The maximum atomic E-state index is 13.8. The number of ether oxygens (including phenoxy) is 1. The Labute approximate surface area is 253 Å². The lowest BCUT2D eigenvalue weighted by Crippen LogP contribution is -2.40. The summed E-state index contributed by atoms with van der Waals surface area (Å²) in [7, 11) is 0. The summed E-state index contributed by atoms with van der Waals surface area (Å²) in [5.74, 6) is 0.323. The molecule has 9 nitrogen and oxygen atoms in total. The van der Waals surface area contributed by atoms with Crippen LogP contribution in [0.2, 0.25) is 0 Å². The Balaban J connectivity index is 1.27. The second kappa shape index (κ2) is 12.0. The molecule has 6 rings (SSSR count). The number of rotatable bonds is 8. The van der Waals surface area contributed by atoms with Crippen molar-refractivity contribution in [1.82, 2.24) is 4.57 Å². The summed E-state index contributed by atoms with van der Waals surface area (Å²) in [6.45, 7) is 2.06. The van der Waals surface area contributed by atoms with Crippen molar-refractivity contribution in [1.29, 1.82) is 0 Å². The molecule has 11 heteroatoms. The molecule has 0 fully saturated rings. The molecule has 1 atom stereocenters. The van der Waals surface area contributed by atoms with Gasteiger partial charge in [-0.25, -0.2) is 4.99 Å².